The second kappa shape index (κ2) is 5.13. The van der Waals surface area contributed by atoms with E-state index >= 15 is 0 Å². The maximum absolute atomic E-state index is 11.8. The number of halogens is 2. The Kier molecular flexibility index (Phi) is 3.87. The highest BCUT2D eigenvalue weighted by atomic mass is 127. The highest BCUT2D eigenvalue weighted by Crippen LogP contribution is 2.26. The molecule has 0 aromatic heterocycles. The van der Waals surface area contributed by atoms with Gasteiger partial charge in [0.1, 0.15) is 5.57 Å². The lowest BCUT2D eigenvalue weighted by Gasteiger charge is -2.29. The van der Waals surface area contributed by atoms with E-state index in [4.69, 9.17) is 21.1 Å². The van der Waals surface area contributed by atoms with Crippen molar-refractivity contribution in [3.05, 3.63) is 37.9 Å². The van der Waals surface area contributed by atoms with Gasteiger partial charge in [-0.25, -0.2) is 9.59 Å². The van der Waals surface area contributed by atoms with Gasteiger partial charge in [0.2, 0.25) is 0 Å². The van der Waals surface area contributed by atoms with Crippen LogP contribution in [0.15, 0.2) is 23.8 Å². The molecule has 4 nitrogen and oxygen atoms in total. The molecule has 19 heavy (non-hydrogen) atoms. The van der Waals surface area contributed by atoms with Crippen molar-refractivity contribution in [2.75, 3.05) is 0 Å². The minimum atomic E-state index is -1.23. The summed E-state index contributed by atoms with van der Waals surface area (Å²) in [5.41, 5.74) is 0.491. The molecule has 1 aromatic carbocycles. The van der Waals surface area contributed by atoms with Gasteiger partial charge in [-0.15, -0.1) is 0 Å². The molecule has 1 saturated heterocycles. The van der Waals surface area contributed by atoms with Crippen molar-refractivity contribution in [3.63, 3.8) is 0 Å². The fraction of sp³-hybridized carbons (Fsp3) is 0.231. The average Bonchev–Trinajstić information content (AvgIpc) is 2.27. The molecule has 1 aliphatic heterocycles. The van der Waals surface area contributed by atoms with Crippen LogP contribution in [-0.2, 0) is 19.1 Å². The molecule has 0 amide bonds. The molecule has 6 heteroatoms. The van der Waals surface area contributed by atoms with E-state index in [0.29, 0.717) is 10.6 Å². The number of benzene rings is 1. The van der Waals surface area contributed by atoms with E-state index in [9.17, 15) is 9.59 Å². The Balaban J connectivity index is 2.35. The zero-order valence-electron chi connectivity index (χ0n) is 10.2. The van der Waals surface area contributed by atoms with Gasteiger partial charge in [0.05, 0.1) is 5.02 Å². The molecule has 2 rings (SSSR count). The molecular formula is C13H10ClIO4. The molecule has 0 aliphatic carbocycles. The van der Waals surface area contributed by atoms with E-state index in [1.54, 1.807) is 18.2 Å². The molecule has 1 fully saturated rings. The van der Waals surface area contributed by atoms with Crippen LogP contribution in [0.3, 0.4) is 0 Å². The van der Waals surface area contributed by atoms with Gasteiger partial charge in [-0.2, -0.15) is 0 Å². The first-order valence-electron chi connectivity index (χ1n) is 5.42. The largest absolute Gasteiger partial charge is 0.419 e. The van der Waals surface area contributed by atoms with Crippen molar-refractivity contribution >= 4 is 52.2 Å². The molecule has 0 unspecified atom stereocenters. The predicted octanol–water partition coefficient (Wildman–Crippen LogP) is 3.16. The molecule has 0 bridgehead atoms. The van der Waals surface area contributed by atoms with Crippen molar-refractivity contribution in [1.82, 2.24) is 0 Å². The number of ether oxygens (including phenoxy) is 2. The third-order valence-electron chi connectivity index (χ3n) is 2.37. The monoisotopic (exact) mass is 392 g/mol. The first-order valence-corrected chi connectivity index (χ1v) is 6.87. The minimum absolute atomic E-state index is 0.142. The van der Waals surface area contributed by atoms with Gasteiger partial charge < -0.3 is 9.47 Å². The minimum Gasteiger partial charge on any atom is -0.419 e. The van der Waals surface area contributed by atoms with Crippen LogP contribution in [0.25, 0.3) is 6.08 Å². The number of carbonyl (C=O) groups excluding carboxylic acids is 2. The van der Waals surface area contributed by atoms with E-state index in [1.165, 1.54) is 19.9 Å². The lowest BCUT2D eigenvalue weighted by molar-refractivity contribution is -0.222. The topological polar surface area (TPSA) is 52.6 Å². The first kappa shape index (κ1) is 14.3. The second-order valence-corrected chi connectivity index (χ2v) is 5.98. The van der Waals surface area contributed by atoms with Crippen LogP contribution in [0.5, 0.6) is 0 Å². The fourth-order valence-electron chi connectivity index (χ4n) is 1.55. The summed E-state index contributed by atoms with van der Waals surface area (Å²) < 4.78 is 10.9. The third kappa shape index (κ3) is 3.27. The fourth-order valence-corrected chi connectivity index (χ4v) is 2.07. The number of cyclic esters (lactones) is 2. The molecular weight excluding hydrogens is 382 g/mol. The number of carbonyl (C=O) groups is 2. The molecule has 100 valence electrons. The van der Waals surface area contributed by atoms with Crippen molar-refractivity contribution in [3.8, 4) is 0 Å². The van der Waals surface area contributed by atoms with Crippen LogP contribution in [0.4, 0.5) is 0 Å². The SMILES string of the molecule is CC1(C)OC(=O)C(=Cc2ccc(I)c(Cl)c2)C(=O)O1. The molecule has 0 atom stereocenters. The average molecular weight is 393 g/mol. The van der Waals surface area contributed by atoms with E-state index in [0.717, 1.165) is 3.57 Å². The summed E-state index contributed by atoms with van der Waals surface area (Å²) in [6.07, 6.45) is 1.40. The summed E-state index contributed by atoms with van der Waals surface area (Å²) in [5.74, 6) is -2.62. The number of hydrogen-bond acceptors (Lipinski definition) is 4. The van der Waals surface area contributed by atoms with E-state index in [2.05, 4.69) is 22.6 Å². The third-order valence-corrected chi connectivity index (χ3v) is 3.94. The second-order valence-electron chi connectivity index (χ2n) is 4.41. The van der Waals surface area contributed by atoms with E-state index in [-0.39, 0.29) is 5.57 Å². The highest BCUT2D eigenvalue weighted by molar-refractivity contribution is 14.1. The van der Waals surface area contributed by atoms with Crippen LogP contribution in [0.1, 0.15) is 19.4 Å². The van der Waals surface area contributed by atoms with Crippen LogP contribution in [0.2, 0.25) is 5.02 Å². The van der Waals surface area contributed by atoms with E-state index in [1.807, 2.05) is 0 Å². The molecule has 0 spiro atoms. The van der Waals surface area contributed by atoms with Crippen LogP contribution < -0.4 is 0 Å². The lowest BCUT2D eigenvalue weighted by Crippen LogP contribution is -2.41. The van der Waals surface area contributed by atoms with Crippen molar-refractivity contribution in [2.24, 2.45) is 0 Å². The number of rotatable bonds is 1. The van der Waals surface area contributed by atoms with Gasteiger partial charge in [-0.05, 0) is 46.4 Å². The summed E-state index contributed by atoms with van der Waals surface area (Å²) >= 11 is 8.07. The first-order chi connectivity index (χ1) is 8.78. The van der Waals surface area contributed by atoms with Crippen LogP contribution in [0, 0.1) is 3.57 Å². The Bertz CT molecular complexity index is 570. The van der Waals surface area contributed by atoms with Gasteiger partial charge in [-0.3, -0.25) is 0 Å². The number of esters is 2. The van der Waals surface area contributed by atoms with Gasteiger partial charge in [0.25, 0.3) is 5.79 Å². The molecule has 1 heterocycles. The highest BCUT2D eigenvalue weighted by Gasteiger charge is 2.38. The summed E-state index contributed by atoms with van der Waals surface area (Å²) in [7, 11) is 0. The van der Waals surface area contributed by atoms with Gasteiger partial charge in [-0.1, -0.05) is 17.7 Å². The standard InChI is InChI=1S/C13H10ClIO4/c1-13(2)18-11(16)8(12(17)19-13)5-7-3-4-10(15)9(14)6-7/h3-6H,1-2H3. The van der Waals surface area contributed by atoms with Crippen molar-refractivity contribution in [2.45, 2.75) is 19.6 Å². The Morgan fingerprint density at radius 3 is 2.32 bits per heavy atom. The maximum atomic E-state index is 11.8. The number of hydrogen-bond donors (Lipinski definition) is 0. The van der Waals surface area contributed by atoms with Crippen molar-refractivity contribution < 1.29 is 19.1 Å². The molecule has 1 aromatic rings. The summed E-state index contributed by atoms with van der Waals surface area (Å²) in [4.78, 5) is 23.5. The lowest BCUT2D eigenvalue weighted by atomic mass is 10.1. The molecule has 0 radical (unpaired) electrons. The van der Waals surface area contributed by atoms with Crippen molar-refractivity contribution in [1.29, 1.82) is 0 Å². The quantitative estimate of drug-likeness (QED) is 0.319. The molecule has 1 aliphatic rings. The summed E-state index contributed by atoms with van der Waals surface area (Å²) in [6, 6.07) is 5.20. The van der Waals surface area contributed by atoms with Crippen LogP contribution >= 0.6 is 34.2 Å². The Labute approximate surface area is 128 Å². The summed E-state index contributed by atoms with van der Waals surface area (Å²) in [5, 5.41) is 0.549. The van der Waals surface area contributed by atoms with Gasteiger partial charge >= 0.3 is 11.9 Å². The molecule has 0 N–H and O–H groups in total. The Morgan fingerprint density at radius 2 is 1.79 bits per heavy atom. The van der Waals surface area contributed by atoms with Gasteiger partial charge in [0, 0.05) is 17.4 Å². The zero-order valence-corrected chi connectivity index (χ0v) is 13.1. The van der Waals surface area contributed by atoms with E-state index < -0.39 is 17.7 Å². The summed E-state index contributed by atoms with van der Waals surface area (Å²) in [6.45, 7) is 3.00. The van der Waals surface area contributed by atoms with Gasteiger partial charge in [0.15, 0.2) is 0 Å². The smallest absolute Gasteiger partial charge is 0.348 e. The normalized spacial score (nSPS) is 17.8. The zero-order chi connectivity index (χ0) is 14.2. The maximum Gasteiger partial charge on any atom is 0.348 e. The Hall–Kier alpha value is -1.08. The predicted molar refractivity (Wildman–Crippen MR) is 78.4 cm³/mol. The van der Waals surface area contributed by atoms with Crippen LogP contribution in [-0.4, -0.2) is 17.7 Å². The Morgan fingerprint density at radius 1 is 1.21 bits per heavy atom. The molecule has 0 saturated carbocycles.